The first-order valence-corrected chi connectivity index (χ1v) is 9.17. The molecular weight excluding hydrogens is 310 g/mol. The number of hydrogen-bond donors (Lipinski definition) is 2. The number of Topliss-reactive ketones (excluding diaryl/α,β-unsaturated/α-hetero) is 1. The van der Waals surface area contributed by atoms with Gasteiger partial charge in [0.2, 0.25) is 0 Å². The van der Waals surface area contributed by atoms with Crippen LogP contribution in [0.5, 0.6) is 0 Å². The predicted octanol–water partition coefficient (Wildman–Crippen LogP) is 2.87. The van der Waals surface area contributed by atoms with Crippen molar-refractivity contribution < 1.29 is 9.59 Å². The molecule has 0 radical (unpaired) electrons. The Morgan fingerprint density at radius 1 is 1.43 bits per heavy atom. The third-order valence-electron chi connectivity index (χ3n) is 3.98. The van der Waals surface area contributed by atoms with Gasteiger partial charge in [0.15, 0.2) is 5.78 Å². The van der Waals surface area contributed by atoms with E-state index < -0.39 is 0 Å². The van der Waals surface area contributed by atoms with Crippen molar-refractivity contribution in [2.24, 2.45) is 5.92 Å². The van der Waals surface area contributed by atoms with Crippen molar-refractivity contribution in [2.45, 2.75) is 46.2 Å². The third-order valence-corrected chi connectivity index (χ3v) is 5.06. The van der Waals surface area contributed by atoms with Crippen molar-refractivity contribution in [3.8, 4) is 0 Å². The predicted molar refractivity (Wildman–Crippen MR) is 94.0 cm³/mol. The second-order valence-corrected chi connectivity index (χ2v) is 7.54. The lowest BCUT2D eigenvalue weighted by Crippen LogP contribution is -2.45. The number of piperidine rings is 1. The minimum Gasteiger partial charge on any atom is -0.338 e. The Balaban J connectivity index is 1.78. The topological polar surface area (TPSA) is 61.4 Å². The first kappa shape index (κ1) is 17.9. The zero-order valence-corrected chi connectivity index (χ0v) is 15.0. The van der Waals surface area contributed by atoms with E-state index in [9.17, 15) is 9.59 Å². The molecule has 2 N–H and O–H groups in total. The minimum atomic E-state index is -0.0824. The Hall–Kier alpha value is -1.40. The SMILES string of the molecule is CC(=O)c1cc(CN2CCC[C@H](CNC(=O)NC(C)C)C2)cs1. The zero-order chi connectivity index (χ0) is 16.8. The van der Waals surface area contributed by atoms with Gasteiger partial charge in [-0.25, -0.2) is 4.79 Å². The summed E-state index contributed by atoms with van der Waals surface area (Å²) in [7, 11) is 0. The Kier molecular flexibility index (Phi) is 6.59. The number of ketones is 1. The Labute approximate surface area is 142 Å². The van der Waals surface area contributed by atoms with E-state index in [-0.39, 0.29) is 17.9 Å². The summed E-state index contributed by atoms with van der Waals surface area (Å²) in [6, 6.07) is 2.08. The molecule has 1 aromatic rings. The van der Waals surface area contributed by atoms with Gasteiger partial charge >= 0.3 is 6.03 Å². The van der Waals surface area contributed by atoms with Crippen LogP contribution in [0, 0.1) is 5.92 Å². The molecule has 6 heteroatoms. The van der Waals surface area contributed by atoms with Gasteiger partial charge in [-0.2, -0.15) is 0 Å². The van der Waals surface area contributed by atoms with Gasteiger partial charge in [-0.3, -0.25) is 9.69 Å². The maximum Gasteiger partial charge on any atom is 0.314 e. The molecule has 1 aliphatic heterocycles. The fourth-order valence-electron chi connectivity index (χ4n) is 2.91. The summed E-state index contributed by atoms with van der Waals surface area (Å²) >= 11 is 1.53. The highest BCUT2D eigenvalue weighted by Gasteiger charge is 2.21. The molecule has 2 heterocycles. The van der Waals surface area contributed by atoms with Gasteiger partial charge in [0.25, 0.3) is 0 Å². The van der Waals surface area contributed by atoms with Gasteiger partial charge in [-0.15, -0.1) is 11.3 Å². The number of carbonyl (C=O) groups is 2. The average molecular weight is 337 g/mol. The van der Waals surface area contributed by atoms with Crippen LogP contribution >= 0.6 is 11.3 Å². The van der Waals surface area contributed by atoms with E-state index in [1.54, 1.807) is 6.92 Å². The standard InChI is InChI=1S/C17H27N3O2S/c1-12(2)19-17(22)18-8-14-5-4-6-20(9-14)10-15-7-16(13(3)21)23-11-15/h7,11-12,14H,4-6,8-10H2,1-3H3,(H2,18,19,22)/t14-/m1/s1. The van der Waals surface area contributed by atoms with Crippen LogP contribution < -0.4 is 10.6 Å². The molecule has 0 aliphatic carbocycles. The van der Waals surface area contributed by atoms with E-state index >= 15 is 0 Å². The summed E-state index contributed by atoms with van der Waals surface area (Å²) in [4.78, 5) is 26.3. The van der Waals surface area contributed by atoms with Crippen LogP contribution in [-0.2, 0) is 6.54 Å². The maximum atomic E-state index is 11.7. The number of hydrogen-bond acceptors (Lipinski definition) is 4. The van der Waals surface area contributed by atoms with Crippen molar-refractivity contribution >= 4 is 23.2 Å². The summed E-state index contributed by atoms with van der Waals surface area (Å²) in [5.41, 5.74) is 1.21. The number of rotatable bonds is 6. The second kappa shape index (κ2) is 8.45. The van der Waals surface area contributed by atoms with Crippen LogP contribution in [0.1, 0.15) is 48.8 Å². The van der Waals surface area contributed by atoms with Gasteiger partial charge in [-0.1, -0.05) is 0 Å². The molecule has 2 rings (SSSR count). The van der Waals surface area contributed by atoms with Gasteiger partial charge in [-0.05, 0) is 63.1 Å². The quantitative estimate of drug-likeness (QED) is 0.785. The Morgan fingerprint density at radius 3 is 2.87 bits per heavy atom. The summed E-state index contributed by atoms with van der Waals surface area (Å²) < 4.78 is 0. The summed E-state index contributed by atoms with van der Waals surface area (Å²) in [5.74, 6) is 0.630. The lowest BCUT2D eigenvalue weighted by molar-refractivity contribution is 0.102. The molecule has 1 saturated heterocycles. The highest BCUT2D eigenvalue weighted by atomic mass is 32.1. The molecular formula is C17H27N3O2S. The number of urea groups is 1. The fraction of sp³-hybridized carbons (Fsp3) is 0.647. The van der Waals surface area contributed by atoms with Crippen LogP contribution in [0.4, 0.5) is 4.79 Å². The van der Waals surface area contributed by atoms with E-state index in [2.05, 4.69) is 20.9 Å². The lowest BCUT2D eigenvalue weighted by atomic mass is 9.97. The molecule has 1 atom stereocenters. The molecule has 0 spiro atoms. The molecule has 0 saturated carbocycles. The van der Waals surface area contributed by atoms with Gasteiger partial charge in [0, 0.05) is 25.7 Å². The van der Waals surface area contributed by atoms with Crippen LogP contribution in [0.25, 0.3) is 0 Å². The molecule has 5 nitrogen and oxygen atoms in total. The van der Waals surface area contributed by atoms with Crippen molar-refractivity contribution in [2.75, 3.05) is 19.6 Å². The molecule has 0 bridgehead atoms. The van der Waals surface area contributed by atoms with Crippen LogP contribution in [-0.4, -0.2) is 42.4 Å². The average Bonchev–Trinajstić information content (AvgIpc) is 2.94. The third kappa shape index (κ3) is 5.95. The number of likely N-dealkylation sites (tertiary alicyclic amines) is 1. The van der Waals surface area contributed by atoms with Crippen LogP contribution in [0.3, 0.4) is 0 Å². The van der Waals surface area contributed by atoms with E-state index in [0.717, 1.165) is 43.9 Å². The molecule has 128 valence electrons. The molecule has 1 fully saturated rings. The molecule has 1 aromatic heterocycles. The molecule has 23 heavy (non-hydrogen) atoms. The number of carbonyl (C=O) groups excluding carboxylic acids is 2. The zero-order valence-electron chi connectivity index (χ0n) is 14.2. The summed E-state index contributed by atoms with van der Waals surface area (Å²) in [6.45, 7) is 9.21. The number of amides is 2. The second-order valence-electron chi connectivity index (χ2n) is 6.63. The summed E-state index contributed by atoms with van der Waals surface area (Å²) in [6.07, 6.45) is 2.31. The highest BCUT2D eigenvalue weighted by Crippen LogP contribution is 2.21. The normalized spacial score (nSPS) is 18.9. The molecule has 2 amide bonds. The monoisotopic (exact) mass is 337 g/mol. The van der Waals surface area contributed by atoms with Crippen LogP contribution in [0.2, 0.25) is 0 Å². The smallest absolute Gasteiger partial charge is 0.314 e. The number of thiophene rings is 1. The maximum absolute atomic E-state index is 11.7. The van der Waals surface area contributed by atoms with E-state index in [1.807, 2.05) is 19.9 Å². The van der Waals surface area contributed by atoms with Gasteiger partial charge in [0.1, 0.15) is 0 Å². The van der Waals surface area contributed by atoms with Crippen LogP contribution in [0.15, 0.2) is 11.4 Å². The van der Waals surface area contributed by atoms with E-state index in [1.165, 1.54) is 16.9 Å². The molecule has 1 aliphatic rings. The van der Waals surface area contributed by atoms with Crippen molar-refractivity contribution in [3.63, 3.8) is 0 Å². The minimum absolute atomic E-state index is 0.0824. The first-order valence-electron chi connectivity index (χ1n) is 8.29. The Bertz CT molecular complexity index is 542. The van der Waals surface area contributed by atoms with E-state index in [4.69, 9.17) is 0 Å². The van der Waals surface area contributed by atoms with Gasteiger partial charge < -0.3 is 10.6 Å². The van der Waals surface area contributed by atoms with Crippen molar-refractivity contribution in [1.29, 1.82) is 0 Å². The first-order chi connectivity index (χ1) is 10.9. The summed E-state index contributed by atoms with van der Waals surface area (Å²) in [5, 5.41) is 7.90. The number of nitrogens with zero attached hydrogens (tertiary/aromatic N) is 1. The van der Waals surface area contributed by atoms with Crippen molar-refractivity contribution in [3.05, 3.63) is 21.9 Å². The molecule has 0 unspecified atom stereocenters. The fourth-order valence-corrected chi connectivity index (χ4v) is 3.72. The highest BCUT2D eigenvalue weighted by molar-refractivity contribution is 7.12. The van der Waals surface area contributed by atoms with E-state index in [0.29, 0.717) is 5.92 Å². The largest absolute Gasteiger partial charge is 0.338 e. The van der Waals surface area contributed by atoms with Crippen molar-refractivity contribution in [1.82, 2.24) is 15.5 Å². The molecule has 0 aromatic carbocycles. The Morgan fingerprint density at radius 2 is 2.22 bits per heavy atom. The number of nitrogens with one attached hydrogen (secondary N) is 2. The lowest BCUT2D eigenvalue weighted by Gasteiger charge is -2.32. The van der Waals surface area contributed by atoms with Gasteiger partial charge in [0.05, 0.1) is 4.88 Å².